The van der Waals surface area contributed by atoms with Gasteiger partial charge in [-0.05, 0) is 63.3 Å². The molecule has 1 saturated heterocycles. The predicted molar refractivity (Wildman–Crippen MR) is 134 cm³/mol. The molecule has 0 spiro atoms. The van der Waals surface area contributed by atoms with E-state index in [1.165, 1.54) is 4.90 Å². The Labute approximate surface area is 210 Å². The fourth-order valence-electron chi connectivity index (χ4n) is 4.75. The summed E-state index contributed by atoms with van der Waals surface area (Å²) < 4.78 is 6.11. The Kier molecular flexibility index (Phi) is 5.84. The number of ether oxygens (including phenoxy) is 1. The molecule has 2 N–H and O–H groups in total. The second-order valence-corrected chi connectivity index (χ2v) is 10.0. The smallest absolute Gasteiger partial charge is 0.411 e. The molecule has 1 fully saturated rings. The molecule has 0 saturated carbocycles. The van der Waals surface area contributed by atoms with Crippen molar-refractivity contribution in [3.63, 3.8) is 0 Å². The Morgan fingerprint density at radius 3 is 2.20 bits per heavy atom. The van der Waals surface area contributed by atoms with E-state index in [0.717, 1.165) is 22.3 Å². The number of nitrogens with one attached hydrogen (secondary N) is 1. The van der Waals surface area contributed by atoms with Gasteiger partial charge < -0.3 is 14.7 Å². The SMILES string of the molecule is CC1(C(=O)O)CN(C(=O)c2ccc(NC(=O)OCC3c4ccccc4-c4ccccc43)c(Br)c2)C1. The Balaban J connectivity index is 1.22. The van der Waals surface area contributed by atoms with Gasteiger partial charge in [0.2, 0.25) is 0 Å². The number of amides is 2. The maximum Gasteiger partial charge on any atom is 0.411 e. The summed E-state index contributed by atoms with van der Waals surface area (Å²) >= 11 is 3.40. The van der Waals surface area contributed by atoms with Gasteiger partial charge in [0, 0.05) is 29.0 Å². The van der Waals surface area contributed by atoms with Crippen LogP contribution in [-0.4, -0.2) is 47.7 Å². The standard InChI is InChI=1S/C27H23BrN2O5/c1-27(25(32)33)14-30(15-27)24(31)16-10-11-23(22(28)12-16)29-26(34)35-13-21-19-8-4-2-6-17(19)18-7-3-5-9-20(18)21/h2-12,21H,13-15H2,1H3,(H,29,34)(H,32,33). The van der Waals surface area contributed by atoms with E-state index in [2.05, 4.69) is 45.5 Å². The first-order chi connectivity index (χ1) is 16.8. The summed E-state index contributed by atoms with van der Waals surface area (Å²) in [5, 5.41) is 12.0. The molecule has 0 bridgehead atoms. The zero-order valence-corrected chi connectivity index (χ0v) is 20.5. The van der Waals surface area contributed by atoms with Crippen LogP contribution in [0.4, 0.5) is 10.5 Å². The summed E-state index contributed by atoms with van der Waals surface area (Å²) in [4.78, 5) is 38.0. The minimum absolute atomic E-state index is 0.0374. The second kappa shape index (κ2) is 8.85. The van der Waals surface area contributed by atoms with Gasteiger partial charge in [0.25, 0.3) is 5.91 Å². The van der Waals surface area contributed by atoms with Crippen molar-refractivity contribution in [2.45, 2.75) is 12.8 Å². The fraction of sp³-hybridized carbons (Fsp3) is 0.222. The lowest BCUT2D eigenvalue weighted by molar-refractivity contribution is -0.155. The molecule has 2 amide bonds. The zero-order valence-electron chi connectivity index (χ0n) is 19.0. The number of benzene rings is 3. The molecule has 0 unspecified atom stereocenters. The lowest BCUT2D eigenvalue weighted by Crippen LogP contribution is -2.60. The number of carbonyl (C=O) groups is 3. The Morgan fingerprint density at radius 2 is 1.63 bits per heavy atom. The van der Waals surface area contributed by atoms with E-state index < -0.39 is 17.5 Å². The van der Waals surface area contributed by atoms with Crippen molar-refractivity contribution < 1.29 is 24.2 Å². The second-order valence-electron chi connectivity index (χ2n) is 9.17. The quantitative estimate of drug-likeness (QED) is 0.459. The molecule has 178 valence electrons. The van der Waals surface area contributed by atoms with Crippen molar-refractivity contribution in [2.24, 2.45) is 5.41 Å². The molecule has 35 heavy (non-hydrogen) atoms. The van der Waals surface area contributed by atoms with Crippen LogP contribution in [0.25, 0.3) is 11.1 Å². The van der Waals surface area contributed by atoms with Crippen LogP contribution in [0.5, 0.6) is 0 Å². The zero-order chi connectivity index (χ0) is 24.7. The molecule has 7 nitrogen and oxygen atoms in total. The van der Waals surface area contributed by atoms with Crippen LogP contribution in [0.1, 0.15) is 34.3 Å². The third-order valence-electron chi connectivity index (χ3n) is 6.68. The number of anilines is 1. The number of carboxylic acids is 1. The number of carbonyl (C=O) groups excluding carboxylic acids is 2. The average molecular weight is 535 g/mol. The first-order valence-electron chi connectivity index (χ1n) is 11.2. The summed E-state index contributed by atoms with van der Waals surface area (Å²) in [6.07, 6.45) is -0.591. The third kappa shape index (κ3) is 4.18. The number of hydrogen-bond donors (Lipinski definition) is 2. The van der Waals surface area contributed by atoms with Crippen LogP contribution < -0.4 is 5.32 Å². The topological polar surface area (TPSA) is 95.9 Å². The van der Waals surface area contributed by atoms with Crippen LogP contribution >= 0.6 is 15.9 Å². The predicted octanol–water partition coefficient (Wildman–Crippen LogP) is 5.36. The molecule has 5 rings (SSSR count). The monoisotopic (exact) mass is 534 g/mol. The number of fused-ring (bicyclic) bond motifs is 3. The van der Waals surface area contributed by atoms with Crippen molar-refractivity contribution in [1.82, 2.24) is 4.90 Å². The van der Waals surface area contributed by atoms with Crippen LogP contribution in [0, 0.1) is 5.41 Å². The molecule has 0 radical (unpaired) electrons. The van der Waals surface area contributed by atoms with Gasteiger partial charge >= 0.3 is 12.1 Å². The number of halogens is 1. The van der Waals surface area contributed by atoms with Crippen LogP contribution in [0.3, 0.4) is 0 Å². The van der Waals surface area contributed by atoms with Crippen molar-refractivity contribution in [3.8, 4) is 11.1 Å². The van der Waals surface area contributed by atoms with Crippen LogP contribution in [0.15, 0.2) is 71.2 Å². The largest absolute Gasteiger partial charge is 0.481 e. The van der Waals surface area contributed by atoms with E-state index in [-0.39, 0.29) is 31.5 Å². The van der Waals surface area contributed by atoms with E-state index in [1.807, 2.05) is 24.3 Å². The summed E-state index contributed by atoms with van der Waals surface area (Å²) in [6, 6.07) is 21.1. The van der Waals surface area contributed by atoms with E-state index in [4.69, 9.17) is 4.74 Å². The molecule has 1 aliphatic heterocycles. The molecule has 1 heterocycles. The van der Waals surface area contributed by atoms with E-state index in [9.17, 15) is 19.5 Å². The molecule has 3 aromatic carbocycles. The number of carboxylic acid groups (broad SMARTS) is 1. The summed E-state index contributed by atoms with van der Waals surface area (Å²) in [7, 11) is 0. The molecule has 0 atom stereocenters. The normalized spacial score (nSPS) is 15.5. The number of hydrogen-bond acceptors (Lipinski definition) is 4. The molecule has 2 aliphatic rings. The highest BCUT2D eigenvalue weighted by atomic mass is 79.9. The first kappa shape index (κ1) is 23.1. The summed E-state index contributed by atoms with van der Waals surface area (Å²) in [6.45, 7) is 2.15. The lowest BCUT2D eigenvalue weighted by Gasteiger charge is -2.44. The van der Waals surface area contributed by atoms with E-state index in [1.54, 1.807) is 25.1 Å². The molecular weight excluding hydrogens is 512 g/mol. The van der Waals surface area contributed by atoms with Crippen molar-refractivity contribution in [3.05, 3.63) is 87.9 Å². The average Bonchev–Trinajstić information content (AvgIpc) is 3.15. The van der Waals surface area contributed by atoms with Gasteiger partial charge in [0.05, 0.1) is 5.69 Å². The Bertz CT molecular complexity index is 1300. The molecule has 1 aliphatic carbocycles. The van der Waals surface area contributed by atoms with Gasteiger partial charge in [-0.2, -0.15) is 0 Å². The highest BCUT2D eigenvalue weighted by Crippen LogP contribution is 2.44. The van der Waals surface area contributed by atoms with Crippen LogP contribution in [-0.2, 0) is 9.53 Å². The van der Waals surface area contributed by atoms with E-state index in [0.29, 0.717) is 15.7 Å². The highest BCUT2D eigenvalue weighted by molar-refractivity contribution is 9.10. The van der Waals surface area contributed by atoms with E-state index >= 15 is 0 Å². The first-order valence-corrected chi connectivity index (χ1v) is 12.0. The van der Waals surface area contributed by atoms with Gasteiger partial charge in [-0.25, -0.2) is 4.79 Å². The maximum atomic E-state index is 12.7. The van der Waals surface area contributed by atoms with Crippen molar-refractivity contribution >= 4 is 39.6 Å². The van der Waals surface area contributed by atoms with Crippen molar-refractivity contribution in [2.75, 3.05) is 25.0 Å². The third-order valence-corrected chi connectivity index (χ3v) is 7.34. The maximum absolute atomic E-state index is 12.7. The molecular formula is C27H23BrN2O5. The number of aliphatic carboxylic acids is 1. The molecule has 3 aromatic rings. The summed E-state index contributed by atoms with van der Waals surface area (Å²) in [5.41, 5.74) is 4.56. The lowest BCUT2D eigenvalue weighted by atomic mass is 9.81. The Morgan fingerprint density at radius 1 is 1.03 bits per heavy atom. The highest BCUT2D eigenvalue weighted by Gasteiger charge is 2.47. The van der Waals surface area contributed by atoms with Gasteiger partial charge in [-0.1, -0.05) is 48.5 Å². The van der Waals surface area contributed by atoms with Gasteiger partial charge in [-0.3, -0.25) is 14.9 Å². The van der Waals surface area contributed by atoms with Crippen LogP contribution in [0.2, 0.25) is 0 Å². The van der Waals surface area contributed by atoms with Crippen molar-refractivity contribution in [1.29, 1.82) is 0 Å². The molecule has 8 heteroatoms. The minimum atomic E-state index is -0.912. The number of rotatable bonds is 5. The number of nitrogens with zero attached hydrogens (tertiary/aromatic N) is 1. The Hall–Kier alpha value is -3.65. The summed E-state index contributed by atoms with van der Waals surface area (Å²) in [5.74, 6) is -1.20. The van der Waals surface area contributed by atoms with Gasteiger partial charge in [0.1, 0.15) is 12.0 Å². The minimum Gasteiger partial charge on any atom is -0.481 e. The van der Waals surface area contributed by atoms with Gasteiger partial charge in [0.15, 0.2) is 0 Å². The molecule has 0 aromatic heterocycles. The fourth-order valence-corrected chi connectivity index (χ4v) is 5.23. The number of likely N-dealkylation sites (tertiary alicyclic amines) is 1. The van der Waals surface area contributed by atoms with Gasteiger partial charge in [-0.15, -0.1) is 0 Å².